The minimum absolute atomic E-state index is 0.119. The Bertz CT molecular complexity index is 1040. The van der Waals surface area contributed by atoms with Crippen molar-refractivity contribution in [2.45, 2.75) is 45.6 Å². The zero-order valence-electron chi connectivity index (χ0n) is 17.6. The number of esters is 1. The molecule has 1 aromatic heterocycles. The molecule has 3 rings (SSSR count). The summed E-state index contributed by atoms with van der Waals surface area (Å²) in [7, 11) is 0. The minimum atomic E-state index is -0.763. The van der Waals surface area contributed by atoms with Crippen LogP contribution in [0.3, 0.4) is 0 Å². The number of aromatic amines is 1. The quantitative estimate of drug-likeness (QED) is 0.646. The van der Waals surface area contributed by atoms with Crippen molar-refractivity contribution in [3.05, 3.63) is 56.7 Å². The molecule has 0 bridgehead atoms. The van der Waals surface area contributed by atoms with Crippen LogP contribution < -0.4 is 21.9 Å². The summed E-state index contributed by atoms with van der Waals surface area (Å²) in [5, 5.41) is 0. The normalized spacial score (nSPS) is 14.2. The zero-order chi connectivity index (χ0) is 22.4. The van der Waals surface area contributed by atoms with Crippen LogP contribution in [0.15, 0.2) is 39.9 Å². The van der Waals surface area contributed by atoms with E-state index in [0.717, 1.165) is 42.6 Å². The number of nitrogens with one attached hydrogen (secondary N) is 1. The van der Waals surface area contributed by atoms with Crippen molar-refractivity contribution >= 4 is 23.4 Å². The Hall–Kier alpha value is -3.36. The number of benzene rings is 1. The third-order valence-electron chi connectivity index (χ3n) is 5.56. The molecule has 2 aromatic rings. The SMILES string of the molecule is CCN(C(=O)COC(=O)C1CCCCC1)c1c(N)n(Cc2ccccc2)c(=O)[nH]c1=O. The second-order valence-corrected chi connectivity index (χ2v) is 7.65. The van der Waals surface area contributed by atoms with Gasteiger partial charge in [-0.2, -0.15) is 0 Å². The first-order chi connectivity index (χ1) is 14.9. The molecule has 1 heterocycles. The second-order valence-electron chi connectivity index (χ2n) is 7.65. The van der Waals surface area contributed by atoms with Crippen molar-refractivity contribution in [1.82, 2.24) is 9.55 Å². The van der Waals surface area contributed by atoms with E-state index in [1.807, 2.05) is 30.3 Å². The maximum Gasteiger partial charge on any atom is 0.330 e. The lowest BCUT2D eigenvalue weighted by Crippen LogP contribution is -2.43. The van der Waals surface area contributed by atoms with Gasteiger partial charge in [-0.1, -0.05) is 49.6 Å². The Balaban J connectivity index is 1.80. The van der Waals surface area contributed by atoms with Crippen molar-refractivity contribution in [3.8, 4) is 0 Å². The fraction of sp³-hybridized carbons (Fsp3) is 0.455. The Morgan fingerprint density at radius 3 is 2.48 bits per heavy atom. The van der Waals surface area contributed by atoms with E-state index < -0.39 is 23.8 Å². The smallest absolute Gasteiger partial charge is 0.330 e. The molecule has 0 radical (unpaired) electrons. The maximum atomic E-state index is 12.8. The van der Waals surface area contributed by atoms with Crippen LogP contribution in [0.2, 0.25) is 0 Å². The van der Waals surface area contributed by atoms with Crippen LogP contribution in [-0.4, -0.2) is 34.6 Å². The lowest BCUT2D eigenvalue weighted by molar-refractivity contribution is -0.153. The summed E-state index contributed by atoms with van der Waals surface area (Å²) in [4.78, 5) is 53.2. The molecule has 0 spiro atoms. The molecule has 1 fully saturated rings. The largest absolute Gasteiger partial charge is 0.455 e. The van der Waals surface area contributed by atoms with Gasteiger partial charge in [-0.15, -0.1) is 0 Å². The molecule has 3 N–H and O–H groups in total. The number of amides is 1. The number of nitrogens with zero attached hydrogens (tertiary/aromatic N) is 2. The van der Waals surface area contributed by atoms with Gasteiger partial charge in [0.25, 0.3) is 11.5 Å². The first-order valence-corrected chi connectivity index (χ1v) is 10.6. The van der Waals surface area contributed by atoms with Crippen molar-refractivity contribution in [1.29, 1.82) is 0 Å². The molecule has 0 atom stereocenters. The van der Waals surface area contributed by atoms with E-state index >= 15 is 0 Å². The number of ether oxygens (including phenoxy) is 1. The zero-order valence-corrected chi connectivity index (χ0v) is 17.6. The molecule has 1 saturated carbocycles. The number of likely N-dealkylation sites (N-methyl/N-ethyl adjacent to an activating group) is 1. The van der Waals surface area contributed by atoms with Crippen molar-refractivity contribution in [2.75, 3.05) is 23.8 Å². The molecule has 1 aromatic carbocycles. The average Bonchev–Trinajstić information content (AvgIpc) is 2.78. The number of hydrogen-bond acceptors (Lipinski definition) is 6. The first-order valence-electron chi connectivity index (χ1n) is 10.6. The Labute approximate surface area is 179 Å². The molecule has 31 heavy (non-hydrogen) atoms. The van der Waals surface area contributed by atoms with Crippen LogP contribution >= 0.6 is 0 Å². The van der Waals surface area contributed by atoms with E-state index in [4.69, 9.17) is 10.5 Å². The van der Waals surface area contributed by atoms with Crippen molar-refractivity contribution in [2.24, 2.45) is 5.92 Å². The molecular weight excluding hydrogens is 400 g/mol. The van der Waals surface area contributed by atoms with Crippen LogP contribution in [0.1, 0.15) is 44.6 Å². The summed E-state index contributed by atoms with van der Waals surface area (Å²) in [6, 6.07) is 9.14. The molecular formula is C22H28N4O5. The van der Waals surface area contributed by atoms with Gasteiger partial charge >= 0.3 is 11.7 Å². The highest BCUT2D eigenvalue weighted by Gasteiger charge is 2.26. The first kappa shape index (κ1) is 22.3. The van der Waals surface area contributed by atoms with Gasteiger partial charge in [-0.05, 0) is 25.3 Å². The van der Waals surface area contributed by atoms with Gasteiger partial charge in [0.2, 0.25) is 0 Å². The highest BCUT2D eigenvalue weighted by atomic mass is 16.5. The van der Waals surface area contributed by atoms with Gasteiger partial charge in [0.05, 0.1) is 12.5 Å². The monoisotopic (exact) mass is 428 g/mol. The Morgan fingerprint density at radius 1 is 1.16 bits per heavy atom. The van der Waals surface area contributed by atoms with Crippen molar-refractivity contribution in [3.63, 3.8) is 0 Å². The lowest BCUT2D eigenvalue weighted by Gasteiger charge is -2.24. The van der Waals surface area contributed by atoms with E-state index in [1.165, 1.54) is 4.57 Å². The van der Waals surface area contributed by atoms with Gasteiger partial charge in [0, 0.05) is 6.54 Å². The van der Waals surface area contributed by atoms with Crippen LogP contribution in [0, 0.1) is 5.92 Å². The molecule has 9 heteroatoms. The molecule has 1 amide bonds. The number of aromatic nitrogens is 2. The van der Waals surface area contributed by atoms with Gasteiger partial charge in [-0.3, -0.25) is 23.9 Å². The Kier molecular flexibility index (Phi) is 7.28. The molecule has 166 valence electrons. The highest BCUT2D eigenvalue weighted by molar-refractivity contribution is 5.97. The number of nitrogen functional groups attached to an aromatic ring is 1. The minimum Gasteiger partial charge on any atom is -0.455 e. The molecule has 0 unspecified atom stereocenters. The predicted octanol–water partition coefficient (Wildman–Crippen LogP) is 1.64. The van der Waals surface area contributed by atoms with Crippen LogP contribution in [0.25, 0.3) is 0 Å². The fourth-order valence-corrected chi connectivity index (χ4v) is 3.89. The van der Waals surface area contributed by atoms with Crippen LogP contribution in [-0.2, 0) is 20.9 Å². The maximum absolute atomic E-state index is 12.8. The van der Waals surface area contributed by atoms with Crippen molar-refractivity contribution < 1.29 is 14.3 Å². The second kappa shape index (κ2) is 10.1. The molecule has 1 aliphatic carbocycles. The molecule has 0 aliphatic heterocycles. The van der Waals surface area contributed by atoms with E-state index in [0.29, 0.717) is 0 Å². The summed E-state index contributed by atoms with van der Waals surface area (Å²) in [5.74, 6) is -1.27. The molecule has 9 nitrogen and oxygen atoms in total. The highest BCUT2D eigenvalue weighted by Crippen LogP contribution is 2.25. The number of hydrogen-bond donors (Lipinski definition) is 2. The number of nitrogens with two attached hydrogens (primary N) is 1. The standard InChI is InChI=1S/C22H28N4O5/c1-2-25(17(27)14-31-21(29)16-11-7-4-8-12-16)18-19(23)26(22(30)24-20(18)28)13-15-9-5-3-6-10-15/h3,5-6,9-10,16H,2,4,7-8,11-14,23H2,1H3,(H,24,28,30). The number of H-pyrrole nitrogens is 1. The van der Waals surface area contributed by atoms with E-state index in [2.05, 4.69) is 4.98 Å². The number of carbonyl (C=O) groups is 2. The van der Waals surface area contributed by atoms with E-state index in [-0.39, 0.29) is 36.5 Å². The van der Waals surface area contributed by atoms with Crippen LogP contribution in [0.5, 0.6) is 0 Å². The summed E-state index contributed by atoms with van der Waals surface area (Å²) in [6.45, 7) is 1.45. The topological polar surface area (TPSA) is 127 Å². The van der Waals surface area contributed by atoms with Gasteiger partial charge in [-0.25, -0.2) is 4.79 Å². The lowest BCUT2D eigenvalue weighted by atomic mass is 9.89. The number of anilines is 2. The van der Waals surface area contributed by atoms with Gasteiger partial charge in [0.1, 0.15) is 5.82 Å². The number of rotatable bonds is 7. The number of carbonyl (C=O) groups excluding carboxylic acids is 2. The van der Waals surface area contributed by atoms with E-state index in [9.17, 15) is 19.2 Å². The Morgan fingerprint density at radius 2 is 1.84 bits per heavy atom. The fourth-order valence-electron chi connectivity index (χ4n) is 3.89. The average molecular weight is 428 g/mol. The van der Waals surface area contributed by atoms with E-state index in [1.54, 1.807) is 6.92 Å². The van der Waals surface area contributed by atoms with Gasteiger partial charge in [0.15, 0.2) is 12.3 Å². The van der Waals surface area contributed by atoms with Crippen LogP contribution in [0.4, 0.5) is 11.5 Å². The summed E-state index contributed by atoms with van der Waals surface area (Å²) < 4.78 is 6.43. The molecule has 1 aliphatic rings. The summed E-state index contributed by atoms with van der Waals surface area (Å²) >= 11 is 0. The third-order valence-corrected chi connectivity index (χ3v) is 5.56. The van der Waals surface area contributed by atoms with Gasteiger partial charge < -0.3 is 15.4 Å². The summed E-state index contributed by atoms with van der Waals surface area (Å²) in [6.07, 6.45) is 4.59. The summed E-state index contributed by atoms with van der Waals surface area (Å²) in [5.41, 5.74) is 5.42. The molecule has 0 saturated heterocycles. The predicted molar refractivity (Wildman–Crippen MR) is 117 cm³/mol. The third kappa shape index (κ3) is 5.22.